The minimum Gasteiger partial charge on any atom is -0.304 e. The van der Waals surface area contributed by atoms with Crippen LogP contribution in [0.2, 0.25) is 5.02 Å². The molecule has 0 saturated carbocycles. The summed E-state index contributed by atoms with van der Waals surface area (Å²) in [6, 6.07) is 10.8. The molecule has 4 heteroatoms. The van der Waals surface area contributed by atoms with Crippen LogP contribution in [0.15, 0.2) is 36.5 Å². The summed E-state index contributed by atoms with van der Waals surface area (Å²) in [5.41, 5.74) is 2.28. The largest absolute Gasteiger partial charge is 0.304 e. The number of halogens is 1. The molecule has 0 aliphatic heterocycles. The molecule has 0 unspecified atom stereocenters. The van der Waals surface area contributed by atoms with Gasteiger partial charge in [-0.25, -0.2) is 0 Å². The lowest BCUT2D eigenvalue weighted by Gasteiger charge is -2.14. The summed E-state index contributed by atoms with van der Waals surface area (Å²) in [6.07, 6.45) is 4.31. The van der Waals surface area contributed by atoms with Crippen LogP contribution >= 0.6 is 11.6 Å². The van der Waals surface area contributed by atoms with Gasteiger partial charge in [0.25, 0.3) is 0 Å². The van der Waals surface area contributed by atoms with Gasteiger partial charge in [0.05, 0.1) is 11.7 Å². The van der Waals surface area contributed by atoms with Gasteiger partial charge in [0.15, 0.2) is 0 Å². The van der Waals surface area contributed by atoms with Crippen molar-refractivity contribution in [3.05, 3.63) is 52.8 Å². The van der Waals surface area contributed by atoms with E-state index in [1.54, 1.807) is 0 Å². The average molecular weight is 306 g/mol. The van der Waals surface area contributed by atoms with Gasteiger partial charge in [-0.3, -0.25) is 4.68 Å². The normalized spacial score (nSPS) is 12.8. The van der Waals surface area contributed by atoms with E-state index in [4.69, 9.17) is 11.6 Å². The maximum atomic E-state index is 6.03. The van der Waals surface area contributed by atoms with E-state index >= 15 is 0 Å². The summed E-state index contributed by atoms with van der Waals surface area (Å²) in [5, 5.41) is 8.94. The molecule has 0 fully saturated rings. The van der Waals surface area contributed by atoms with Crippen molar-refractivity contribution in [1.29, 1.82) is 0 Å². The second kappa shape index (κ2) is 7.62. The number of rotatable bonds is 7. The van der Waals surface area contributed by atoms with E-state index in [9.17, 15) is 0 Å². The molecule has 21 heavy (non-hydrogen) atoms. The van der Waals surface area contributed by atoms with Gasteiger partial charge in [0.2, 0.25) is 0 Å². The highest BCUT2D eigenvalue weighted by Gasteiger charge is 2.09. The third-order valence-electron chi connectivity index (χ3n) is 3.92. The number of aromatic nitrogens is 2. The molecule has 1 atom stereocenters. The Bertz CT molecular complexity index is 561. The van der Waals surface area contributed by atoms with Gasteiger partial charge in [-0.15, -0.1) is 0 Å². The zero-order valence-electron chi connectivity index (χ0n) is 13.0. The van der Waals surface area contributed by atoms with E-state index in [1.807, 2.05) is 18.2 Å². The second-order valence-electron chi connectivity index (χ2n) is 5.42. The van der Waals surface area contributed by atoms with Crippen molar-refractivity contribution in [1.82, 2.24) is 15.1 Å². The average Bonchev–Trinajstić information content (AvgIpc) is 2.95. The van der Waals surface area contributed by atoms with E-state index in [1.165, 1.54) is 5.56 Å². The van der Waals surface area contributed by atoms with Crippen LogP contribution in [0.1, 0.15) is 57.0 Å². The lowest BCUT2D eigenvalue weighted by Crippen LogP contribution is -2.18. The molecule has 0 spiro atoms. The fourth-order valence-corrected chi connectivity index (χ4v) is 2.69. The Kier molecular flexibility index (Phi) is 5.83. The number of nitrogens with zero attached hydrogens (tertiary/aromatic N) is 2. The first-order valence-corrected chi connectivity index (χ1v) is 8.04. The minimum atomic E-state index is 0.252. The fourth-order valence-electron chi connectivity index (χ4n) is 2.49. The molecule has 114 valence electrons. The zero-order chi connectivity index (χ0) is 15.2. The topological polar surface area (TPSA) is 29.9 Å². The van der Waals surface area contributed by atoms with Gasteiger partial charge in [-0.2, -0.15) is 5.10 Å². The minimum absolute atomic E-state index is 0.252. The van der Waals surface area contributed by atoms with Crippen molar-refractivity contribution in [3.8, 4) is 0 Å². The van der Waals surface area contributed by atoms with Crippen LogP contribution in [-0.4, -0.2) is 9.78 Å². The molecular weight excluding hydrogens is 282 g/mol. The molecular formula is C17H24ClN3. The van der Waals surface area contributed by atoms with E-state index in [0.29, 0.717) is 6.04 Å². The maximum Gasteiger partial charge on any atom is 0.0762 e. The first kappa shape index (κ1) is 16.1. The SMILES string of the molecule is CCC(CC)n1ccc(CN[C@@H](C)c2cccc(Cl)c2)n1. The summed E-state index contributed by atoms with van der Waals surface area (Å²) in [4.78, 5) is 0. The van der Waals surface area contributed by atoms with Crippen molar-refractivity contribution in [3.63, 3.8) is 0 Å². The van der Waals surface area contributed by atoms with Crippen LogP contribution < -0.4 is 5.32 Å². The Hall–Kier alpha value is -1.32. The number of hydrogen-bond acceptors (Lipinski definition) is 2. The van der Waals surface area contributed by atoms with Crippen molar-refractivity contribution >= 4 is 11.6 Å². The fraction of sp³-hybridized carbons (Fsp3) is 0.471. The Balaban J connectivity index is 1.94. The molecule has 0 aliphatic carbocycles. The molecule has 1 heterocycles. The van der Waals surface area contributed by atoms with Crippen molar-refractivity contribution in [2.75, 3.05) is 0 Å². The smallest absolute Gasteiger partial charge is 0.0762 e. The monoisotopic (exact) mass is 305 g/mol. The van der Waals surface area contributed by atoms with Crippen LogP contribution in [-0.2, 0) is 6.54 Å². The van der Waals surface area contributed by atoms with Crippen LogP contribution in [0.25, 0.3) is 0 Å². The van der Waals surface area contributed by atoms with Crippen molar-refractivity contribution in [2.45, 2.75) is 52.2 Å². The molecule has 0 saturated heterocycles. The predicted octanol–water partition coefficient (Wildman–Crippen LogP) is 4.75. The molecule has 0 radical (unpaired) electrons. The van der Waals surface area contributed by atoms with Crippen molar-refractivity contribution < 1.29 is 0 Å². The molecule has 2 aromatic rings. The molecule has 0 aliphatic rings. The molecule has 3 nitrogen and oxygen atoms in total. The van der Waals surface area contributed by atoms with E-state index < -0.39 is 0 Å². The van der Waals surface area contributed by atoms with Gasteiger partial charge < -0.3 is 5.32 Å². The van der Waals surface area contributed by atoms with Gasteiger partial charge in [-0.1, -0.05) is 37.6 Å². The first-order chi connectivity index (χ1) is 10.1. The van der Waals surface area contributed by atoms with Gasteiger partial charge >= 0.3 is 0 Å². The molecule has 1 N–H and O–H groups in total. The molecule has 1 aromatic heterocycles. The highest BCUT2D eigenvalue weighted by atomic mass is 35.5. The standard InChI is InChI=1S/C17H24ClN3/c1-4-17(5-2)21-10-9-16(20-21)12-19-13(3)14-7-6-8-15(18)11-14/h6-11,13,17,19H,4-5,12H2,1-3H3/t13-/m0/s1. The van der Waals surface area contributed by atoms with E-state index in [-0.39, 0.29) is 6.04 Å². The van der Waals surface area contributed by atoms with Crippen LogP contribution in [0.4, 0.5) is 0 Å². The van der Waals surface area contributed by atoms with Crippen LogP contribution in [0.5, 0.6) is 0 Å². The zero-order valence-corrected chi connectivity index (χ0v) is 13.8. The maximum absolute atomic E-state index is 6.03. The van der Waals surface area contributed by atoms with Crippen LogP contribution in [0.3, 0.4) is 0 Å². The van der Waals surface area contributed by atoms with Crippen LogP contribution in [0, 0.1) is 0 Å². The van der Waals surface area contributed by atoms with Gasteiger partial charge in [-0.05, 0) is 43.5 Å². The third kappa shape index (κ3) is 4.32. The predicted molar refractivity (Wildman–Crippen MR) is 88.6 cm³/mol. The summed E-state index contributed by atoms with van der Waals surface area (Å²) < 4.78 is 2.08. The Morgan fingerprint density at radius 3 is 2.67 bits per heavy atom. The van der Waals surface area contributed by atoms with E-state index in [0.717, 1.165) is 30.1 Å². The Morgan fingerprint density at radius 2 is 2.00 bits per heavy atom. The Morgan fingerprint density at radius 1 is 1.24 bits per heavy atom. The van der Waals surface area contributed by atoms with Crippen molar-refractivity contribution in [2.24, 2.45) is 0 Å². The quantitative estimate of drug-likeness (QED) is 0.800. The lowest BCUT2D eigenvalue weighted by atomic mass is 10.1. The summed E-state index contributed by atoms with van der Waals surface area (Å²) in [6.45, 7) is 7.31. The number of benzene rings is 1. The highest BCUT2D eigenvalue weighted by molar-refractivity contribution is 6.30. The molecule has 0 amide bonds. The lowest BCUT2D eigenvalue weighted by molar-refractivity contribution is 0.423. The summed E-state index contributed by atoms with van der Waals surface area (Å²) in [5.74, 6) is 0. The third-order valence-corrected chi connectivity index (χ3v) is 4.15. The number of nitrogens with one attached hydrogen (secondary N) is 1. The van der Waals surface area contributed by atoms with Gasteiger partial charge in [0.1, 0.15) is 0 Å². The molecule has 1 aromatic carbocycles. The molecule has 2 rings (SSSR count). The first-order valence-electron chi connectivity index (χ1n) is 7.66. The molecule has 0 bridgehead atoms. The summed E-state index contributed by atoms with van der Waals surface area (Å²) >= 11 is 6.03. The Labute approximate surface area is 132 Å². The van der Waals surface area contributed by atoms with Gasteiger partial charge in [0, 0.05) is 23.8 Å². The number of hydrogen-bond donors (Lipinski definition) is 1. The highest BCUT2D eigenvalue weighted by Crippen LogP contribution is 2.18. The second-order valence-corrected chi connectivity index (χ2v) is 5.85. The summed E-state index contributed by atoms with van der Waals surface area (Å²) in [7, 11) is 0. The van der Waals surface area contributed by atoms with E-state index in [2.05, 4.69) is 54.2 Å².